The minimum atomic E-state index is -0.371. The molecule has 1 saturated heterocycles. The zero-order valence-corrected chi connectivity index (χ0v) is 19.6. The van der Waals surface area contributed by atoms with Gasteiger partial charge in [-0.25, -0.2) is 9.78 Å². The molecule has 8 heteroatoms. The molecule has 0 N–H and O–H groups in total. The van der Waals surface area contributed by atoms with Crippen LogP contribution in [0.4, 0.5) is 11.5 Å². The van der Waals surface area contributed by atoms with Crippen molar-refractivity contribution >= 4 is 23.4 Å². The molecule has 33 heavy (non-hydrogen) atoms. The number of nitriles is 1. The van der Waals surface area contributed by atoms with Crippen LogP contribution in [0.15, 0.2) is 36.5 Å². The lowest BCUT2D eigenvalue weighted by atomic mass is 10.1. The fraction of sp³-hybridized carbons (Fsp3) is 0.440. The second kappa shape index (κ2) is 11.4. The topological polar surface area (TPSA) is 89.8 Å². The van der Waals surface area contributed by atoms with E-state index in [0.717, 1.165) is 48.8 Å². The zero-order chi connectivity index (χ0) is 23.8. The molecule has 0 saturated carbocycles. The van der Waals surface area contributed by atoms with Gasteiger partial charge in [0.05, 0.1) is 31.2 Å². The maximum Gasteiger partial charge on any atom is 0.339 e. The smallest absolute Gasteiger partial charge is 0.339 e. The molecule has 1 amide bonds. The number of piperazine rings is 1. The monoisotopic (exact) mass is 449 g/mol. The van der Waals surface area contributed by atoms with Crippen LogP contribution in [-0.4, -0.2) is 67.6 Å². The van der Waals surface area contributed by atoms with Crippen molar-refractivity contribution in [2.75, 3.05) is 55.7 Å². The number of aryl methyl sites for hydroxylation is 2. The number of hydrogen-bond donors (Lipinski definition) is 0. The van der Waals surface area contributed by atoms with Crippen molar-refractivity contribution < 1.29 is 14.3 Å². The molecule has 1 fully saturated rings. The summed E-state index contributed by atoms with van der Waals surface area (Å²) < 4.78 is 5.00. The Morgan fingerprint density at radius 2 is 1.82 bits per heavy atom. The number of carbonyl (C=O) groups excluding carboxylic acids is 2. The van der Waals surface area contributed by atoms with Gasteiger partial charge >= 0.3 is 5.97 Å². The zero-order valence-electron chi connectivity index (χ0n) is 19.6. The van der Waals surface area contributed by atoms with E-state index in [1.54, 1.807) is 24.1 Å². The molecule has 1 aliphatic rings. The highest BCUT2D eigenvalue weighted by Crippen LogP contribution is 2.20. The number of pyridine rings is 1. The van der Waals surface area contributed by atoms with E-state index >= 15 is 0 Å². The van der Waals surface area contributed by atoms with E-state index in [1.807, 2.05) is 32.0 Å². The van der Waals surface area contributed by atoms with Gasteiger partial charge in [-0.1, -0.05) is 6.07 Å². The van der Waals surface area contributed by atoms with Crippen LogP contribution >= 0.6 is 0 Å². The SMILES string of the molecule is CCOC(=O)c1ccc(N2CCN(CC(=O)N(CCC#N)c3cc(C)cc(C)c3)CC2)nc1. The second-order valence-corrected chi connectivity index (χ2v) is 8.19. The third-order valence-electron chi connectivity index (χ3n) is 5.58. The summed E-state index contributed by atoms with van der Waals surface area (Å²) in [5.41, 5.74) is 3.47. The largest absolute Gasteiger partial charge is 0.462 e. The van der Waals surface area contributed by atoms with Crippen LogP contribution in [0, 0.1) is 25.2 Å². The van der Waals surface area contributed by atoms with E-state index in [9.17, 15) is 9.59 Å². The van der Waals surface area contributed by atoms with Crippen molar-refractivity contribution in [3.63, 3.8) is 0 Å². The number of hydrogen-bond acceptors (Lipinski definition) is 7. The van der Waals surface area contributed by atoms with Crippen LogP contribution in [0.2, 0.25) is 0 Å². The molecule has 0 aliphatic carbocycles. The number of aromatic nitrogens is 1. The average molecular weight is 450 g/mol. The summed E-state index contributed by atoms with van der Waals surface area (Å²) in [5, 5.41) is 9.05. The van der Waals surface area contributed by atoms with Gasteiger partial charge in [0.1, 0.15) is 5.82 Å². The third kappa shape index (κ3) is 6.53. The van der Waals surface area contributed by atoms with Crippen molar-refractivity contribution in [3.05, 3.63) is 53.2 Å². The molecular formula is C25H31N5O3. The lowest BCUT2D eigenvalue weighted by Crippen LogP contribution is -2.50. The average Bonchev–Trinajstić information content (AvgIpc) is 2.79. The summed E-state index contributed by atoms with van der Waals surface area (Å²) in [6.45, 7) is 9.75. The van der Waals surface area contributed by atoms with E-state index < -0.39 is 0 Å². The van der Waals surface area contributed by atoms with Gasteiger partial charge in [0.25, 0.3) is 0 Å². The van der Waals surface area contributed by atoms with Crippen LogP contribution in [-0.2, 0) is 9.53 Å². The second-order valence-electron chi connectivity index (χ2n) is 8.19. The minimum Gasteiger partial charge on any atom is -0.462 e. The molecule has 1 aromatic heterocycles. The highest BCUT2D eigenvalue weighted by molar-refractivity contribution is 5.95. The molecule has 8 nitrogen and oxygen atoms in total. The minimum absolute atomic E-state index is 0.000569. The molecule has 0 unspecified atom stereocenters. The van der Waals surface area contributed by atoms with Crippen LogP contribution in [0.25, 0.3) is 0 Å². The molecule has 174 valence electrons. The van der Waals surface area contributed by atoms with Gasteiger partial charge in [0, 0.05) is 44.6 Å². The van der Waals surface area contributed by atoms with Crippen molar-refractivity contribution in [3.8, 4) is 6.07 Å². The highest BCUT2D eigenvalue weighted by atomic mass is 16.5. The highest BCUT2D eigenvalue weighted by Gasteiger charge is 2.23. The molecule has 2 aromatic rings. The molecule has 2 heterocycles. The maximum atomic E-state index is 13.2. The Morgan fingerprint density at radius 3 is 2.39 bits per heavy atom. The Labute approximate surface area is 195 Å². The summed E-state index contributed by atoms with van der Waals surface area (Å²) in [6.07, 6.45) is 1.83. The number of ether oxygens (including phenoxy) is 1. The number of rotatable bonds is 8. The standard InChI is InChI=1S/C25H31N5O3/c1-4-33-25(32)21-6-7-23(27-17-21)29-12-10-28(11-13-29)18-24(31)30(9-5-8-26)22-15-19(2)14-20(3)16-22/h6-7,14-17H,4-5,9-13,18H2,1-3H3. The van der Waals surface area contributed by atoms with Crippen molar-refractivity contribution in [1.82, 2.24) is 9.88 Å². The Hall–Kier alpha value is -3.44. The van der Waals surface area contributed by atoms with E-state index in [-0.39, 0.29) is 11.9 Å². The Bertz CT molecular complexity index is 987. The molecule has 1 aliphatic heterocycles. The number of esters is 1. The Balaban J connectivity index is 1.59. The summed E-state index contributed by atoms with van der Waals surface area (Å²) in [5.74, 6) is 0.435. The third-order valence-corrected chi connectivity index (χ3v) is 5.58. The van der Waals surface area contributed by atoms with Crippen molar-refractivity contribution in [2.45, 2.75) is 27.2 Å². The van der Waals surface area contributed by atoms with Crippen molar-refractivity contribution in [2.24, 2.45) is 0 Å². The van der Waals surface area contributed by atoms with Gasteiger partial charge in [-0.2, -0.15) is 5.26 Å². The lowest BCUT2D eigenvalue weighted by Gasteiger charge is -2.36. The number of amides is 1. The number of anilines is 2. The number of benzene rings is 1. The predicted octanol–water partition coefficient (Wildman–Crippen LogP) is 2.94. The van der Waals surface area contributed by atoms with Crippen LogP contribution in [0.5, 0.6) is 0 Å². The van der Waals surface area contributed by atoms with Gasteiger partial charge in [0.2, 0.25) is 5.91 Å². The van der Waals surface area contributed by atoms with Gasteiger partial charge in [-0.3, -0.25) is 9.69 Å². The van der Waals surface area contributed by atoms with Crippen LogP contribution < -0.4 is 9.80 Å². The maximum absolute atomic E-state index is 13.2. The molecule has 1 aromatic carbocycles. The molecule has 0 radical (unpaired) electrons. The van der Waals surface area contributed by atoms with Crippen molar-refractivity contribution in [1.29, 1.82) is 5.26 Å². The molecule has 0 spiro atoms. The van der Waals surface area contributed by atoms with E-state index in [2.05, 4.69) is 26.9 Å². The fourth-order valence-corrected chi connectivity index (χ4v) is 3.99. The number of carbonyl (C=O) groups is 2. The first kappa shape index (κ1) is 24.2. The van der Waals surface area contributed by atoms with E-state index in [4.69, 9.17) is 10.00 Å². The fourth-order valence-electron chi connectivity index (χ4n) is 3.99. The van der Waals surface area contributed by atoms with Gasteiger partial charge in [-0.15, -0.1) is 0 Å². The summed E-state index contributed by atoms with van der Waals surface area (Å²) >= 11 is 0. The predicted molar refractivity (Wildman–Crippen MR) is 127 cm³/mol. The molecular weight excluding hydrogens is 418 g/mol. The molecule has 0 atom stereocenters. The molecule has 0 bridgehead atoms. The first-order valence-electron chi connectivity index (χ1n) is 11.3. The Morgan fingerprint density at radius 1 is 1.12 bits per heavy atom. The summed E-state index contributed by atoms with van der Waals surface area (Å²) in [6, 6.07) is 11.8. The van der Waals surface area contributed by atoms with E-state index in [1.165, 1.54) is 0 Å². The van der Waals surface area contributed by atoms with Crippen LogP contribution in [0.1, 0.15) is 34.8 Å². The lowest BCUT2D eigenvalue weighted by molar-refractivity contribution is -0.119. The first-order chi connectivity index (χ1) is 15.9. The Kier molecular flexibility index (Phi) is 8.39. The van der Waals surface area contributed by atoms with E-state index in [0.29, 0.717) is 31.7 Å². The van der Waals surface area contributed by atoms with Gasteiger partial charge < -0.3 is 14.5 Å². The summed E-state index contributed by atoms with van der Waals surface area (Å²) in [4.78, 5) is 35.4. The van der Waals surface area contributed by atoms with Crippen LogP contribution in [0.3, 0.4) is 0 Å². The normalized spacial score (nSPS) is 13.9. The van der Waals surface area contributed by atoms with Gasteiger partial charge in [0.15, 0.2) is 0 Å². The summed E-state index contributed by atoms with van der Waals surface area (Å²) in [7, 11) is 0. The van der Waals surface area contributed by atoms with Gasteiger partial charge in [-0.05, 0) is 56.2 Å². The molecule has 3 rings (SSSR count). The quantitative estimate of drug-likeness (QED) is 0.573. The number of nitrogens with zero attached hydrogens (tertiary/aromatic N) is 5. The first-order valence-corrected chi connectivity index (χ1v) is 11.3.